The van der Waals surface area contributed by atoms with Crippen molar-refractivity contribution in [3.05, 3.63) is 69.8 Å². The van der Waals surface area contributed by atoms with Gasteiger partial charge in [-0.3, -0.25) is 14.9 Å². The first-order valence-electron chi connectivity index (χ1n) is 8.44. The summed E-state index contributed by atoms with van der Waals surface area (Å²) in [7, 11) is 0. The van der Waals surface area contributed by atoms with E-state index >= 15 is 0 Å². The molecule has 2 rings (SSSR count). The van der Waals surface area contributed by atoms with Gasteiger partial charge in [-0.1, -0.05) is 30.3 Å². The zero-order valence-electron chi connectivity index (χ0n) is 14.9. The SMILES string of the molecule is CCN(CC)c1ccc([N+](=O)[O-])cc1C=NNC(=O)Cc1ccccc1. The molecule has 0 bridgehead atoms. The van der Waals surface area contributed by atoms with E-state index in [9.17, 15) is 14.9 Å². The number of nitro benzene ring substituents is 1. The average molecular weight is 354 g/mol. The Bertz CT molecular complexity index is 787. The van der Waals surface area contributed by atoms with Crippen molar-refractivity contribution in [2.45, 2.75) is 20.3 Å². The van der Waals surface area contributed by atoms with Gasteiger partial charge in [-0.25, -0.2) is 5.43 Å². The number of non-ortho nitro benzene ring substituents is 1. The fraction of sp³-hybridized carbons (Fsp3) is 0.263. The van der Waals surface area contributed by atoms with E-state index in [-0.39, 0.29) is 18.0 Å². The molecule has 136 valence electrons. The fourth-order valence-corrected chi connectivity index (χ4v) is 2.61. The summed E-state index contributed by atoms with van der Waals surface area (Å²) in [5, 5.41) is 15.0. The quantitative estimate of drug-likeness (QED) is 0.448. The van der Waals surface area contributed by atoms with E-state index in [1.807, 2.05) is 44.2 Å². The molecule has 0 aliphatic rings. The number of nitrogens with zero attached hydrogens (tertiary/aromatic N) is 3. The lowest BCUT2D eigenvalue weighted by Crippen LogP contribution is -2.23. The minimum Gasteiger partial charge on any atom is -0.372 e. The van der Waals surface area contributed by atoms with E-state index in [0.717, 1.165) is 24.3 Å². The highest BCUT2D eigenvalue weighted by atomic mass is 16.6. The minimum atomic E-state index is -0.447. The highest BCUT2D eigenvalue weighted by Crippen LogP contribution is 2.24. The molecule has 0 saturated heterocycles. The molecule has 0 aromatic heterocycles. The molecule has 0 fully saturated rings. The number of benzene rings is 2. The molecular weight excluding hydrogens is 332 g/mol. The number of nitrogens with one attached hydrogen (secondary N) is 1. The summed E-state index contributed by atoms with van der Waals surface area (Å²) >= 11 is 0. The summed E-state index contributed by atoms with van der Waals surface area (Å²) < 4.78 is 0. The summed E-state index contributed by atoms with van der Waals surface area (Å²) in [6, 6.07) is 14.0. The van der Waals surface area contributed by atoms with Crippen LogP contribution in [0.3, 0.4) is 0 Å². The number of amides is 1. The first kappa shape index (κ1) is 19.1. The molecule has 7 heteroatoms. The summed E-state index contributed by atoms with van der Waals surface area (Å²) in [6.07, 6.45) is 1.67. The topological polar surface area (TPSA) is 87.8 Å². The molecule has 7 nitrogen and oxygen atoms in total. The number of anilines is 1. The highest BCUT2D eigenvalue weighted by molar-refractivity contribution is 5.90. The lowest BCUT2D eigenvalue weighted by molar-refractivity contribution is -0.384. The van der Waals surface area contributed by atoms with Gasteiger partial charge in [-0.2, -0.15) is 5.10 Å². The maximum absolute atomic E-state index is 12.0. The van der Waals surface area contributed by atoms with Gasteiger partial charge in [0.25, 0.3) is 5.69 Å². The molecule has 0 unspecified atom stereocenters. The van der Waals surface area contributed by atoms with Crippen LogP contribution in [0, 0.1) is 10.1 Å². The second-order valence-electron chi connectivity index (χ2n) is 5.63. The van der Waals surface area contributed by atoms with Crippen LogP contribution in [0.2, 0.25) is 0 Å². The Morgan fingerprint density at radius 3 is 2.50 bits per heavy atom. The van der Waals surface area contributed by atoms with Crippen LogP contribution in [0.4, 0.5) is 11.4 Å². The molecule has 1 amide bonds. The van der Waals surface area contributed by atoms with Crippen LogP contribution >= 0.6 is 0 Å². The molecule has 0 aliphatic heterocycles. The number of carbonyl (C=O) groups excluding carboxylic acids is 1. The van der Waals surface area contributed by atoms with Crippen molar-refractivity contribution in [1.29, 1.82) is 0 Å². The lowest BCUT2D eigenvalue weighted by Gasteiger charge is -2.22. The van der Waals surface area contributed by atoms with Crippen LogP contribution in [-0.2, 0) is 11.2 Å². The van der Waals surface area contributed by atoms with Crippen LogP contribution < -0.4 is 10.3 Å². The van der Waals surface area contributed by atoms with Crippen molar-refractivity contribution in [2.24, 2.45) is 5.10 Å². The Hall–Kier alpha value is -3.22. The maximum Gasteiger partial charge on any atom is 0.270 e. The number of hydrazone groups is 1. The van der Waals surface area contributed by atoms with Crippen molar-refractivity contribution in [3.8, 4) is 0 Å². The predicted molar refractivity (Wildman–Crippen MR) is 103 cm³/mol. The summed E-state index contributed by atoms with van der Waals surface area (Å²) in [6.45, 7) is 5.53. The van der Waals surface area contributed by atoms with Crippen molar-refractivity contribution in [2.75, 3.05) is 18.0 Å². The molecular formula is C19H22N4O3. The molecule has 2 aromatic rings. The van der Waals surface area contributed by atoms with Gasteiger partial charge in [0.2, 0.25) is 5.91 Å². The molecule has 0 saturated carbocycles. The van der Waals surface area contributed by atoms with E-state index < -0.39 is 4.92 Å². The van der Waals surface area contributed by atoms with Crippen molar-refractivity contribution < 1.29 is 9.72 Å². The molecule has 0 heterocycles. The first-order chi connectivity index (χ1) is 12.5. The Balaban J connectivity index is 2.15. The molecule has 0 radical (unpaired) electrons. The van der Waals surface area contributed by atoms with E-state index in [0.29, 0.717) is 5.56 Å². The van der Waals surface area contributed by atoms with Crippen LogP contribution in [0.1, 0.15) is 25.0 Å². The van der Waals surface area contributed by atoms with Gasteiger partial charge in [0.05, 0.1) is 17.6 Å². The van der Waals surface area contributed by atoms with E-state index in [4.69, 9.17) is 0 Å². The Morgan fingerprint density at radius 1 is 1.19 bits per heavy atom. The van der Waals surface area contributed by atoms with Gasteiger partial charge >= 0.3 is 0 Å². The molecule has 26 heavy (non-hydrogen) atoms. The Kier molecular flexibility index (Phi) is 6.84. The molecule has 0 spiro atoms. The second kappa shape index (κ2) is 9.31. The van der Waals surface area contributed by atoms with Crippen LogP contribution in [-0.4, -0.2) is 30.1 Å². The van der Waals surface area contributed by atoms with E-state index in [1.54, 1.807) is 6.07 Å². The van der Waals surface area contributed by atoms with E-state index in [2.05, 4.69) is 15.4 Å². The van der Waals surface area contributed by atoms with Gasteiger partial charge in [0.1, 0.15) is 0 Å². The second-order valence-corrected chi connectivity index (χ2v) is 5.63. The first-order valence-corrected chi connectivity index (χ1v) is 8.44. The third kappa shape index (κ3) is 5.14. The monoisotopic (exact) mass is 354 g/mol. The molecule has 0 atom stereocenters. The van der Waals surface area contributed by atoms with Crippen molar-refractivity contribution >= 4 is 23.5 Å². The van der Waals surface area contributed by atoms with Gasteiger partial charge < -0.3 is 4.90 Å². The van der Waals surface area contributed by atoms with Crippen molar-refractivity contribution in [1.82, 2.24) is 5.43 Å². The van der Waals surface area contributed by atoms with E-state index in [1.165, 1.54) is 18.3 Å². The van der Waals surface area contributed by atoms with Gasteiger partial charge in [-0.05, 0) is 25.5 Å². The zero-order valence-corrected chi connectivity index (χ0v) is 14.9. The minimum absolute atomic E-state index is 0.0158. The van der Waals surface area contributed by atoms with Crippen LogP contribution in [0.25, 0.3) is 0 Å². The van der Waals surface area contributed by atoms with Crippen LogP contribution in [0.5, 0.6) is 0 Å². The lowest BCUT2D eigenvalue weighted by atomic mass is 10.1. The Labute approximate surface area is 152 Å². The molecule has 1 N–H and O–H groups in total. The Morgan fingerprint density at radius 2 is 1.88 bits per heavy atom. The largest absolute Gasteiger partial charge is 0.372 e. The van der Waals surface area contributed by atoms with Gasteiger partial charge in [0.15, 0.2) is 0 Å². The van der Waals surface area contributed by atoms with Crippen LogP contribution in [0.15, 0.2) is 53.6 Å². The predicted octanol–water partition coefficient (Wildman–Crippen LogP) is 3.13. The third-order valence-electron chi connectivity index (χ3n) is 3.93. The number of hydrogen-bond acceptors (Lipinski definition) is 5. The van der Waals surface area contributed by atoms with Gasteiger partial charge in [-0.15, -0.1) is 0 Å². The summed E-state index contributed by atoms with van der Waals surface area (Å²) in [5.74, 6) is -0.248. The standard InChI is InChI=1S/C19H22N4O3/c1-3-22(4-2)18-11-10-17(23(25)26)13-16(18)14-20-21-19(24)12-15-8-6-5-7-9-15/h5-11,13-14H,3-4,12H2,1-2H3,(H,21,24). The average Bonchev–Trinajstić information content (AvgIpc) is 2.64. The third-order valence-corrected chi connectivity index (χ3v) is 3.93. The molecule has 0 aliphatic carbocycles. The summed E-state index contributed by atoms with van der Waals surface area (Å²) in [4.78, 5) is 24.6. The normalized spacial score (nSPS) is 10.7. The van der Waals surface area contributed by atoms with Crippen molar-refractivity contribution in [3.63, 3.8) is 0 Å². The number of rotatable bonds is 8. The fourth-order valence-electron chi connectivity index (χ4n) is 2.61. The number of carbonyl (C=O) groups is 1. The number of nitro groups is 1. The molecule has 2 aromatic carbocycles. The smallest absolute Gasteiger partial charge is 0.270 e. The van der Waals surface area contributed by atoms with Gasteiger partial charge in [0, 0.05) is 36.5 Å². The highest BCUT2D eigenvalue weighted by Gasteiger charge is 2.13. The zero-order chi connectivity index (χ0) is 18.9. The number of hydrogen-bond donors (Lipinski definition) is 1. The summed E-state index contributed by atoms with van der Waals surface area (Å²) in [5.41, 5.74) is 4.77. The maximum atomic E-state index is 12.0.